The van der Waals surface area contributed by atoms with E-state index in [1.165, 1.54) is 20.2 Å². The summed E-state index contributed by atoms with van der Waals surface area (Å²) in [5, 5.41) is 3.61. The predicted octanol–water partition coefficient (Wildman–Crippen LogP) is 8.16. The van der Waals surface area contributed by atoms with E-state index in [4.69, 9.17) is 15.0 Å². The third-order valence-electron chi connectivity index (χ3n) is 6.84. The molecule has 0 amide bonds. The predicted molar refractivity (Wildman–Crippen MR) is 150 cm³/mol. The zero-order valence-electron chi connectivity index (χ0n) is 19.1. The van der Waals surface area contributed by atoms with E-state index in [0.717, 1.165) is 50.0 Å². The molecule has 0 aliphatic rings. The van der Waals surface area contributed by atoms with Crippen molar-refractivity contribution in [2.24, 2.45) is 0 Å². The summed E-state index contributed by atoms with van der Waals surface area (Å²) in [7, 11) is 0. The molecule has 4 aromatic carbocycles. The average molecular weight is 479 g/mol. The highest BCUT2D eigenvalue weighted by molar-refractivity contribution is 7.26. The van der Waals surface area contributed by atoms with Crippen molar-refractivity contribution in [3.05, 3.63) is 109 Å². The van der Waals surface area contributed by atoms with Crippen LogP contribution < -0.4 is 0 Å². The van der Waals surface area contributed by atoms with Gasteiger partial charge in [0.2, 0.25) is 0 Å². The van der Waals surface area contributed by atoms with Crippen LogP contribution in [0.1, 0.15) is 0 Å². The molecule has 4 aromatic heterocycles. The Kier molecular flexibility index (Phi) is 4.07. The molecule has 0 spiro atoms. The Bertz CT molecular complexity index is 2100. The molecule has 0 bridgehead atoms. The molecule has 0 saturated carbocycles. The largest absolute Gasteiger partial charge is 0.290 e. The van der Waals surface area contributed by atoms with Crippen molar-refractivity contribution < 1.29 is 0 Å². The smallest absolute Gasteiger partial charge is 0.156 e. The van der Waals surface area contributed by atoms with Crippen molar-refractivity contribution in [3.8, 4) is 17.1 Å². The van der Waals surface area contributed by atoms with E-state index in [0.29, 0.717) is 0 Å². The van der Waals surface area contributed by atoms with Gasteiger partial charge in [-0.3, -0.25) is 9.55 Å². The molecule has 0 unspecified atom stereocenters. The summed E-state index contributed by atoms with van der Waals surface area (Å²) in [6.45, 7) is 0. The van der Waals surface area contributed by atoms with Gasteiger partial charge in [0.15, 0.2) is 5.82 Å². The molecule has 8 aromatic rings. The Hall–Kier alpha value is -4.61. The van der Waals surface area contributed by atoms with Crippen molar-refractivity contribution >= 4 is 64.5 Å². The quantitative estimate of drug-likeness (QED) is 0.252. The molecule has 4 nitrogen and oxygen atoms in total. The zero-order chi connectivity index (χ0) is 23.6. The first-order valence-electron chi connectivity index (χ1n) is 11.9. The summed E-state index contributed by atoms with van der Waals surface area (Å²) in [6.07, 6.45) is 1.87. The highest BCUT2D eigenvalue weighted by atomic mass is 32.1. The maximum Gasteiger partial charge on any atom is 0.156 e. The maximum atomic E-state index is 5.19. The van der Waals surface area contributed by atoms with Crippen LogP contribution in [0, 0.1) is 0 Å². The summed E-state index contributed by atoms with van der Waals surface area (Å²) in [6, 6.07) is 35.7. The number of aromatic nitrogens is 4. The Morgan fingerprint density at radius 2 is 1.42 bits per heavy atom. The minimum Gasteiger partial charge on any atom is -0.290 e. The van der Waals surface area contributed by atoms with Crippen LogP contribution in [0.5, 0.6) is 0 Å². The van der Waals surface area contributed by atoms with Crippen LogP contribution in [-0.2, 0) is 0 Å². The van der Waals surface area contributed by atoms with Crippen LogP contribution in [-0.4, -0.2) is 19.5 Å². The monoisotopic (exact) mass is 478 g/mol. The van der Waals surface area contributed by atoms with Gasteiger partial charge in [0.25, 0.3) is 0 Å². The molecule has 0 aliphatic heterocycles. The second-order valence-corrected chi connectivity index (χ2v) is 10.00. The molecule has 0 saturated heterocycles. The van der Waals surface area contributed by atoms with Gasteiger partial charge in [-0.15, -0.1) is 11.3 Å². The van der Waals surface area contributed by atoms with Crippen molar-refractivity contribution in [2.75, 3.05) is 0 Å². The van der Waals surface area contributed by atoms with Crippen molar-refractivity contribution in [1.82, 2.24) is 19.5 Å². The van der Waals surface area contributed by atoms with E-state index in [1.54, 1.807) is 0 Å². The molecule has 8 rings (SSSR count). The van der Waals surface area contributed by atoms with E-state index in [-0.39, 0.29) is 0 Å². The number of thiophene rings is 1. The Balaban J connectivity index is 1.56. The maximum absolute atomic E-state index is 5.19. The lowest BCUT2D eigenvalue weighted by Crippen LogP contribution is -1.99. The normalized spacial score (nSPS) is 11.9. The molecule has 36 heavy (non-hydrogen) atoms. The molecule has 0 radical (unpaired) electrons. The van der Waals surface area contributed by atoms with Gasteiger partial charge in [0.1, 0.15) is 0 Å². The molecule has 0 fully saturated rings. The van der Waals surface area contributed by atoms with Gasteiger partial charge in [0.05, 0.1) is 39.5 Å². The summed E-state index contributed by atoms with van der Waals surface area (Å²) in [5.74, 6) is 0.797. The Labute approximate surface area is 210 Å². The van der Waals surface area contributed by atoms with Crippen LogP contribution >= 0.6 is 11.3 Å². The zero-order valence-corrected chi connectivity index (χ0v) is 19.9. The van der Waals surface area contributed by atoms with Crippen LogP contribution in [0.25, 0.3) is 70.2 Å². The summed E-state index contributed by atoms with van der Waals surface area (Å²) < 4.78 is 4.78. The van der Waals surface area contributed by atoms with Gasteiger partial charge in [-0.25, -0.2) is 9.97 Å². The first-order valence-corrected chi connectivity index (χ1v) is 12.7. The fraction of sp³-hybridized carbons (Fsp3) is 0. The number of para-hydroxylation sites is 2. The van der Waals surface area contributed by atoms with E-state index in [2.05, 4.69) is 77.4 Å². The first-order chi connectivity index (χ1) is 17.8. The third kappa shape index (κ3) is 2.78. The Morgan fingerprint density at radius 1 is 0.611 bits per heavy atom. The van der Waals surface area contributed by atoms with Crippen LogP contribution in [0.4, 0.5) is 0 Å². The van der Waals surface area contributed by atoms with E-state index in [9.17, 15) is 0 Å². The fourth-order valence-electron chi connectivity index (χ4n) is 5.24. The number of hydrogen-bond acceptors (Lipinski definition) is 4. The second-order valence-electron chi connectivity index (χ2n) is 8.92. The molecule has 0 N–H and O–H groups in total. The van der Waals surface area contributed by atoms with Gasteiger partial charge in [-0.2, -0.15) is 0 Å². The van der Waals surface area contributed by atoms with E-state index >= 15 is 0 Å². The molecule has 5 heteroatoms. The van der Waals surface area contributed by atoms with Gasteiger partial charge < -0.3 is 0 Å². The Morgan fingerprint density at radius 3 is 2.33 bits per heavy atom. The fourth-order valence-corrected chi connectivity index (χ4v) is 6.34. The van der Waals surface area contributed by atoms with Crippen molar-refractivity contribution in [3.63, 3.8) is 0 Å². The van der Waals surface area contributed by atoms with Crippen molar-refractivity contribution in [1.29, 1.82) is 0 Å². The number of fused-ring (bicyclic) bond motifs is 8. The summed E-state index contributed by atoms with van der Waals surface area (Å²) >= 11 is 1.82. The third-order valence-corrected chi connectivity index (χ3v) is 7.98. The SMILES string of the molecule is c1ccc(-c2ccc3c(n2)c2ccc4sc5ccccc5c4c2n3-c2cnc3ccccc3n2)cc1. The highest BCUT2D eigenvalue weighted by Gasteiger charge is 2.20. The lowest BCUT2D eigenvalue weighted by molar-refractivity contribution is 1.08. The molecule has 168 valence electrons. The first kappa shape index (κ1) is 19.7. The van der Waals surface area contributed by atoms with Gasteiger partial charge in [0, 0.05) is 31.1 Å². The molecule has 0 aliphatic carbocycles. The van der Waals surface area contributed by atoms with Crippen LogP contribution in [0.3, 0.4) is 0 Å². The van der Waals surface area contributed by atoms with Gasteiger partial charge in [-0.05, 0) is 42.5 Å². The molecule has 0 atom stereocenters. The molecular weight excluding hydrogens is 460 g/mol. The molecular formula is C31H18N4S. The number of nitrogens with zero attached hydrogens (tertiary/aromatic N) is 4. The van der Waals surface area contributed by atoms with E-state index in [1.807, 2.05) is 47.9 Å². The summed E-state index contributed by atoms with van der Waals surface area (Å²) in [5.41, 5.74) is 6.95. The van der Waals surface area contributed by atoms with Crippen LogP contribution in [0.15, 0.2) is 109 Å². The minimum absolute atomic E-state index is 0.797. The topological polar surface area (TPSA) is 43.6 Å². The number of hydrogen-bond donors (Lipinski definition) is 0. The number of benzene rings is 4. The lowest BCUT2D eigenvalue weighted by atomic mass is 10.1. The van der Waals surface area contributed by atoms with E-state index < -0.39 is 0 Å². The number of rotatable bonds is 2. The number of pyridine rings is 1. The van der Waals surface area contributed by atoms with Gasteiger partial charge >= 0.3 is 0 Å². The standard InChI is InChI=1S/C31H18N4S/c1-2-8-19(9-3-1)22-15-16-25-30(34-22)21-14-17-27-29(20-10-4-7-13-26(20)36-27)31(21)35(25)28-18-32-23-11-5-6-12-24(23)33-28/h1-18H. The lowest BCUT2D eigenvalue weighted by Gasteiger charge is -2.09. The van der Waals surface area contributed by atoms with Crippen LogP contribution in [0.2, 0.25) is 0 Å². The average Bonchev–Trinajstić information content (AvgIpc) is 3.48. The minimum atomic E-state index is 0.797. The highest BCUT2D eigenvalue weighted by Crippen LogP contribution is 2.42. The molecule has 4 heterocycles. The summed E-state index contributed by atoms with van der Waals surface area (Å²) in [4.78, 5) is 15.0. The van der Waals surface area contributed by atoms with Crippen molar-refractivity contribution in [2.45, 2.75) is 0 Å². The van der Waals surface area contributed by atoms with Gasteiger partial charge in [-0.1, -0.05) is 60.7 Å². The second kappa shape index (κ2) is 7.44.